The van der Waals surface area contributed by atoms with Gasteiger partial charge in [-0.1, -0.05) is 13.2 Å². The Hall–Kier alpha value is -14.0. The van der Waals surface area contributed by atoms with Gasteiger partial charge in [0.2, 0.25) is 9.84 Å². The first-order chi connectivity index (χ1) is 46.9. The van der Waals surface area contributed by atoms with Crippen LogP contribution in [0.15, 0.2) is 158 Å². The highest BCUT2D eigenvalue weighted by atomic mass is 32.2. The van der Waals surface area contributed by atoms with Crippen molar-refractivity contribution in [2.45, 2.75) is 23.1 Å². The van der Waals surface area contributed by atoms with Crippen molar-refractivity contribution in [3.05, 3.63) is 238 Å². The molecule has 0 atom stereocenters. The molecule has 0 bridgehead atoms. The number of carboxylic acids is 2. The lowest BCUT2D eigenvalue weighted by Crippen LogP contribution is -2.39. The molecule has 34 nitrogen and oxygen atoms in total. The lowest BCUT2D eigenvalue weighted by molar-refractivity contribution is -0.139. The van der Waals surface area contributed by atoms with Gasteiger partial charge in [-0.05, 0) is 72.8 Å². The van der Waals surface area contributed by atoms with Gasteiger partial charge in [-0.2, -0.15) is 0 Å². The molecule has 99 heavy (non-hydrogen) atoms. The van der Waals surface area contributed by atoms with Crippen molar-refractivity contribution < 1.29 is 95.7 Å². The number of carbonyl (C=O) groups is 10. The van der Waals surface area contributed by atoms with E-state index in [1.165, 1.54) is 0 Å². The van der Waals surface area contributed by atoms with E-state index >= 15 is 0 Å². The van der Waals surface area contributed by atoms with E-state index in [4.69, 9.17) is 18.9 Å². The number of nitrogens with zero attached hydrogens (tertiary/aromatic N) is 6. The van der Waals surface area contributed by atoms with Crippen LogP contribution >= 0.6 is 0 Å². The summed E-state index contributed by atoms with van der Waals surface area (Å²) in [4.78, 5) is 238. The highest BCUT2D eigenvalue weighted by Crippen LogP contribution is 2.34. The predicted octanol–water partition coefficient (Wildman–Crippen LogP) is 0.0364. The molecular formula is C64H36N6O28S. The number of imide groups is 2. The van der Waals surface area contributed by atoms with Crippen LogP contribution in [0.25, 0.3) is 54.5 Å². The highest BCUT2D eigenvalue weighted by Gasteiger charge is 2.41. The zero-order valence-corrected chi connectivity index (χ0v) is 50.4. The number of sulfone groups is 1. The molecule has 2 aliphatic rings. The monoisotopic (exact) mass is 1370 g/mol. The van der Waals surface area contributed by atoms with Gasteiger partial charge in [0.25, 0.3) is 68.1 Å². The molecule has 6 heterocycles. The molecule has 10 aromatic rings. The third kappa shape index (κ3) is 10.3. The minimum atomic E-state index is -4.83. The Balaban J connectivity index is 0.775. The second-order valence-corrected chi connectivity index (χ2v) is 23.5. The largest absolute Gasteiger partial charge is 0.506 e. The van der Waals surface area contributed by atoms with Crippen molar-refractivity contribution in [2.24, 2.45) is 0 Å². The van der Waals surface area contributed by atoms with Crippen LogP contribution in [0.1, 0.15) is 82.9 Å². The standard InChI is InChI=1S/C64H36N6O28S/c1-3-47(73)95-9-11-97-63(91)41-21-33-31(19-39(41)61(87)88)53(79)67(55(33)81)23-65-49(75)27-15-35-36(16-28(27)50(65)76)58(84)69(57(35)83)43-7-5-25(13-45(43)71)99(93,94)26-6-8-44(46(72)14-26)70-59(85)37-17-29-30(18-38(37)60(70)86)52(78)66(51(29)77)24-68-54(80)32-20-40(62(89)90)42(22-34(32)56(68)82)64(92)98-12-10-96-48(74)4-2/h3-8,13-22,71-72H,1-2,9-12,23-24H2,(H,87,88)(H,89,90). The van der Waals surface area contributed by atoms with Gasteiger partial charge in [0.15, 0.2) is 0 Å². The Morgan fingerprint density at radius 3 is 0.929 bits per heavy atom. The van der Waals surface area contributed by atoms with Crippen LogP contribution in [0.4, 0.5) is 0 Å². The van der Waals surface area contributed by atoms with E-state index in [1.54, 1.807) is 0 Å². The fourth-order valence-corrected chi connectivity index (χ4v) is 12.6. The molecule has 0 saturated carbocycles. The fraction of sp³-hybridized carbons (Fsp3) is 0.0938. The van der Waals surface area contributed by atoms with Crippen molar-refractivity contribution in [3.8, 4) is 22.9 Å². The number of amides is 4. The molecule has 0 spiro atoms. The minimum Gasteiger partial charge on any atom is -0.506 e. The maximum absolute atomic E-state index is 14.1. The molecule has 496 valence electrons. The maximum Gasteiger partial charge on any atom is 0.339 e. The number of carboxylic acid groups (broad SMARTS) is 2. The maximum atomic E-state index is 14.1. The van der Waals surface area contributed by atoms with Crippen LogP contribution in [0.5, 0.6) is 11.5 Å². The highest BCUT2D eigenvalue weighted by molar-refractivity contribution is 7.91. The van der Waals surface area contributed by atoms with Gasteiger partial charge in [0.1, 0.15) is 51.3 Å². The quantitative estimate of drug-likeness (QED) is 0.0257. The minimum absolute atomic E-state index is 0.387. The number of aromatic hydroxyl groups is 2. The van der Waals surface area contributed by atoms with Crippen LogP contribution in [-0.4, -0.2) is 143 Å². The zero-order chi connectivity index (χ0) is 71.4. The normalized spacial score (nSPS) is 12.8. The van der Waals surface area contributed by atoms with E-state index < -0.39 is 274 Å². The first-order valence-electron chi connectivity index (χ1n) is 28.2. The van der Waals surface area contributed by atoms with Gasteiger partial charge in [0.05, 0.1) is 109 Å². The number of hydrogen-bond donors (Lipinski definition) is 4. The van der Waals surface area contributed by atoms with Crippen LogP contribution in [0, 0.1) is 0 Å². The third-order valence-electron chi connectivity index (χ3n) is 16.1. The number of benzene rings is 6. The van der Waals surface area contributed by atoms with Crippen LogP contribution in [0.2, 0.25) is 0 Å². The number of carbonyl (C=O) groups excluding carboxylic acids is 8. The Bertz CT molecular complexity index is 5610. The van der Waals surface area contributed by atoms with Crippen molar-refractivity contribution in [2.75, 3.05) is 26.4 Å². The number of esters is 4. The Morgan fingerprint density at radius 2 is 0.657 bits per heavy atom. The molecule has 0 radical (unpaired) electrons. The van der Waals surface area contributed by atoms with Crippen molar-refractivity contribution in [1.29, 1.82) is 0 Å². The number of fused-ring (bicyclic) bond motifs is 6. The average Bonchev–Trinajstić information content (AvgIpc) is 1.57. The summed E-state index contributed by atoms with van der Waals surface area (Å²) in [7, 11) is -4.83. The number of rotatable bonds is 20. The summed E-state index contributed by atoms with van der Waals surface area (Å²) in [6.45, 7) is 2.18. The number of phenols is 2. The Morgan fingerprint density at radius 1 is 0.384 bits per heavy atom. The fourth-order valence-electron chi connectivity index (χ4n) is 11.3. The lowest BCUT2D eigenvalue weighted by atomic mass is 9.99. The van der Waals surface area contributed by atoms with Gasteiger partial charge in [-0.15, -0.1) is 0 Å². The molecule has 12 rings (SSSR count). The van der Waals surface area contributed by atoms with Gasteiger partial charge in [-0.3, -0.25) is 76.5 Å². The summed E-state index contributed by atoms with van der Waals surface area (Å²) < 4.78 is 49.0. The lowest BCUT2D eigenvalue weighted by Gasteiger charge is -2.13. The van der Waals surface area contributed by atoms with E-state index in [9.17, 15) is 115 Å². The van der Waals surface area contributed by atoms with Gasteiger partial charge < -0.3 is 39.4 Å². The smallest absolute Gasteiger partial charge is 0.339 e. The number of ether oxygens (including phenoxy) is 4. The second-order valence-electron chi connectivity index (χ2n) is 21.5. The van der Waals surface area contributed by atoms with Crippen LogP contribution in [-0.2, 0) is 51.7 Å². The van der Waals surface area contributed by atoms with Gasteiger partial charge in [0, 0.05) is 24.3 Å². The first-order valence-corrected chi connectivity index (χ1v) is 29.6. The zero-order valence-electron chi connectivity index (χ0n) is 49.6. The molecule has 0 aliphatic carbocycles. The molecule has 4 amide bonds. The Labute approximate surface area is 544 Å². The first kappa shape index (κ1) is 65.1. The number of aromatic carboxylic acids is 2. The molecule has 35 heteroatoms. The second kappa shape index (κ2) is 23.8. The third-order valence-corrected chi connectivity index (χ3v) is 17.8. The topological polar surface area (TPSA) is 485 Å². The molecular weight excluding hydrogens is 1330 g/mol. The van der Waals surface area contributed by atoms with E-state index in [0.717, 1.165) is 72.8 Å². The predicted molar refractivity (Wildman–Crippen MR) is 332 cm³/mol. The summed E-state index contributed by atoms with van der Waals surface area (Å²) in [5.41, 5.74) is -15.9. The van der Waals surface area contributed by atoms with Crippen molar-refractivity contribution >= 4 is 112 Å². The molecule has 0 unspecified atom stereocenters. The molecule has 4 N–H and O–H groups in total. The van der Waals surface area contributed by atoms with E-state index in [2.05, 4.69) is 13.2 Å². The van der Waals surface area contributed by atoms with Crippen molar-refractivity contribution in [1.82, 2.24) is 28.1 Å². The van der Waals surface area contributed by atoms with Crippen LogP contribution in [0.3, 0.4) is 0 Å². The number of hydrogen-bond acceptors (Lipinski definition) is 26. The summed E-state index contributed by atoms with van der Waals surface area (Å²) in [6, 6.07) is 10.9. The average molecular weight is 1370 g/mol. The summed E-state index contributed by atoms with van der Waals surface area (Å²) in [5, 5.41) is 38.2. The molecule has 2 aliphatic heterocycles. The summed E-state index contributed by atoms with van der Waals surface area (Å²) in [5.74, 6) is -14.6. The van der Waals surface area contributed by atoms with E-state index in [1.807, 2.05) is 0 Å². The van der Waals surface area contributed by atoms with Crippen molar-refractivity contribution in [3.63, 3.8) is 0 Å². The summed E-state index contributed by atoms with van der Waals surface area (Å²) in [6.07, 6.45) is 1.66. The molecule has 0 fully saturated rings. The molecule has 6 aromatic carbocycles. The van der Waals surface area contributed by atoms with E-state index in [0.29, 0.717) is 52.3 Å². The van der Waals surface area contributed by atoms with Gasteiger partial charge >= 0.3 is 35.8 Å². The molecule has 0 saturated heterocycles. The van der Waals surface area contributed by atoms with Crippen LogP contribution < -0.4 is 44.5 Å². The summed E-state index contributed by atoms with van der Waals surface area (Å²) >= 11 is 0. The Kier molecular flexibility index (Phi) is 15.6. The van der Waals surface area contributed by atoms with E-state index in [-0.39, 0.29) is 0 Å². The van der Waals surface area contributed by atoms with Gasteiger partial charge in [-0.25, -0.2) is 46.3 Å². The SMILES string of the molecule is C=CC(=O)OCCOC(=O)c1cc2c(cc1C(=O)O)C(=O)N(Cn1c(=O)c3cc4c(=O)n(-c5ccc(S(=O)(=O)c6ccc(-n7c(=O)c8cc9c(=O)n(CN%10C(=O)c%11cc(C(=O)O)c(C(=O)OCCOC(=O)C=C)cc%11C%10=O)c(=O)c9cc8c7=O)c(O)c6)cc5O)c(=O)c4cc3c1=O)C2=O. The molecule has 4 aromatic heterocycles. The number of phenolic OH excluding ortho intramolecular Hbond substituents is 2. The number of aromatic nitrogens is 4.